The van der Waals surface area contributed by atoms with E-state index in [1.54, 1.807) is 0 Å². The SMILES string of the molecule is C=C(C)/C=C1/Cc2ccc(C)cc2C1=C. The highest BCUT2D eigenvalue weighted by atomic mass is 14.2. The average molecular weight is 196 g/mol. The first-order chi connectivity index (χ1) is 7.08. The Hall–Kier alpha value is -1.56. The third kappa shape index (κ3) is 1.80. The predicted molar refractivity (Wildman–Crippen MR) is 66.8 cm³/mol. The smallest absolute Gasteiger partial charge is 0.00136 e. The Balaban J connectivity index is 2.46. The van der Waals surface area contributed by atoms with Crippen LogP contribution in [0.1, 0.15) is 23.6 Å². The van der Waals surface area contributed by atoms with E-state index in [0.717, 1.165) is 17.6 Å². The van der Waals surface area contributed by atoms with E-state index in [4.69, 9.17) is 0 Å². The minimum Gasteiger partial charge on any atom is -0.0961 e. The van der Waals surface area contributed by atoms with Gasteiger partial charge in [-0.3, -0.25) is 0 Å². The van der Waals surface area contributed by atoms with Crippen LogP contribution in [0.5, 0.6) is 0 Å². The van der Waals surface area contributed by atoms with E-state index in [0.29, 0.717) is 0 Å². The summed E-state index contributed by atoms with van der Waals surface area (Å²) >= 11 is 0. The molecule has 1 aliphatic carbocycles. The molecule has 0 heterocycles. The van der Waals surface area contributed by atoms with Gasteiger partial charge in [-0.15, -0.1) is 0 Å². The molecule has 0 aliphatic heterocycles. The van der Waals surface area contributed by atoms with E-state index < -0.39 is 0 Å². The monoisotopic (exact) mass is 196 g/mol. The van der Waals surface area contributed by atoms with Crippen molar-refractivity contribution in [1.82, 2.24) is 0 Å². The third-order valence-electron chi connectivity index (χ3n) is 2.78. The second-order valence-corrected chi connectivity index (χ2v) is 4.33. The summed E-state index contributed by atoms with van der Waals surface area (Å²) in [6, 6.07) is 6.59. The van der Waals surface area contributed by atoms with Gasteiger partial charge in [0.25, 0.3) is 0 Å². The Morgan fingerprint density at radius 2 is 2.13 bits per heavy atom. The van der Waals surface area contributed by atoms with E-state index >= 15 is 0 Å². The quantitative estimate of drug-likeness (QED) is 0.635. The molecule has 1 aromatic carbocycles. The molecule has 0 saturated carbocycles. The Labute approximate surface area is 91.6 Å². The fraction of sp³-hybridized carbons (Fsp3) is 0.200. The first-order valence-electron chi connectivity index (χ1n) is 5.23. The molecule has 0 saturated heterocycles. The van der Waals surface area contributed by atoms with Gasteiger partial charge < -0.3 is 0 Å². The zero-order chi connectivity index (χ0) is 11.0. The summed E-state index contributed by atoms with van der Waals surface area (Å²) in [6.07, 6.45) is 3.14. The number of rotatable bonds is 1. The topological polar surface area (TPSA) is 0 Å². The highest BCUT2D eigenvalue weighted by molar-refractivity contribution is 5.85. The molecule has 0 nitrogen and oxygen atoms in total. The van der Waals surface area contributed by atoms with Crippen molar-refractivity contribution in [2.75, 3.05) is 0 Å². The maximum Gasteiger partial charge on any atom is -0.00136 e. The molecule has 2 rings (SSSR count). The van der Waals surface area contributed by atoms with Crippen molar-refractivity contribution in [3.63, 3.8) is 0 Å². The normalized spacial score (nSPS) is 16.9. The van der Waals surface area contributed by atoms with Crippen LogP contribution in [-0.2, 0) is 6.42 Å². The first kappa shape index (κ1) is 9.97. The Morgan fingerprint density at radius 1 is 1.40 bits per heavy atom. The molecular formula is C15H16. The molecule has 0 bridgehead atoms. The largest absolute Gasteiger partial charge is 0.0961 e. The highest BCUT2D eigenvalue weighted by Gasteiger charge is 2.18. The molecule has 1 aliphatic rings. The summed E-state index contributed by atoms with van der Waals surface area (Å²) in [6.45, 7) is 12.2. The van der Waals surface area contributed by atoms with E-state index in [-0.39, 0.29) is 0 Å². The van der Waals surface area contributed by atoms with Gasteiger partial charge in [0.1, 0.15) is 0 Å². The zero-order valence-corrected chi connectivity index (χ0v) is 9.43. The van der Waals surface area contributed by atoms with Gasteiger partial charge >= 0.3 is 0 Å². The number of benzene rings is 1. The summed E-state index contributed by atoms with van der Waals surface area (Å²) < 4.78 is 0. The fourth-order valence-corrected chi connectivity index (χ4v) is 2.05. The van der Waals surface area contributed by atoms with Gasteiger partial charge in [0, 0.05) is 0 Å². The molecule has 0 aromatic heterocycles. The van der Waals surface area contributed by atoms with Crippen molar-refractivity contribution in [1.29, 1.82) is 0 Å². The maximum atomic E-state index is 4.16. The van der Waals surface area contributed by atoms with Crippen molar-refractivity contribution in [2.45, 2.75) is 20.3 Å². The van der Waals surface area contributed by atoms with Crippen LogP contribution in [0.4, 0.5) is 0 Å². The van der Waals surface area contributed by atoms with Crippen molar-refractivity contribution in [2.24, 2.45) is 0 Å². The fourth-order valence-electron chi connectivity index (χ4n) is 2.05. The van der Waals surface area contributed by atoms with E-state index in [1.807, 2.05) is 6.92 Å². The molecule has 0 amide bonds. The van der Waals surface area contributed by atoms with Gasteiger partial charge in [0.05, 0.1) is 0 Å². The summed E-state index contributed by atoms with van der Waals surface area (Å²) in [7, 11) is 0. The van der Waals surface area contributed by atoms with Crippen LogP contribution in [0.15, 0.2) is 48.6 Å². The van der Waals surface area contributed by atoms with Gasteiger partial charge in [-0.1, -0.05) is 48.6 Å². The second kappa shape index (κ2) is 3.54. The molecule has 0 spiro atoms. The molecule has 76 valence electrons. The lowest BCUT2D eigenvalue weighted by Gasteiger charge is -2.00. The predicted octanol–water partition coefficient (Wildman–Crippen LogP) is 4.07. The summed E-state index contributed by atoms with van der Waals surface area (Å²) in [4.78, 5) is 0. The molecular weight excluding hydrogens is 180 g/mol. The van der Waals surface area contributed by atoms with Crippen LogP contribution in [0.25, 0.3) is 5.57 Å². The molecule has 1 aromatic rings. The summed E-state index contributed by atoms with van der Waals surface area (Å²) in [5.41, 5.74) is 7.56. The van der Waals surface area contributed by atoms with Gasteiger partial charge in [-0.25, -0.2) is 0 Å². The van der Waals surface area contributed by atoms with E-state index in [1.165, 1.54) is 22.3 Å². The minimum atomic E-state index is 1.00. The highest BCUT2D eigenvalue weighted by Crippen LogP contribution is 2.36. The molecule has 0 heteroatoms. The zero-order valence-electron chi connectivity index (χ0n) is 9.43. The summed E-state index contributed by atoms with van der Waals surface area (Å²) in [5, 5.41) is 0. The van der Waals surface area contributed by atoms with Gasteiger partial charge in [-0.05, 0) is 42.5 Å². The Morgan fingerprint density at radius 3 is 2.80 bits per heavy atom. The third-order valence-corrected chi connectivity index (χ3v) is 2.78. The molecule has 15 heavy (non-hydrogen) atoms. The van der Waals surface area contributed by atoms with Gasteiger partial charge in [0.15, 0.2) is 0 Å². The number of hydrogen-bond acceptors (Lipinski definition) is 0. The van der Waals surface area contributed by atoms with Crippen LogP contribution in [0, 0.1) is 6.92 Å². The second-order valence-electron chi connectivity index (χ2n) is 4.33. The van der Waals surface area contributed by atoms with Crippen LogP contribution in [0.3, 0.4) is 0 Å². The van der Waals surface area contributed by atoms with Crippen LogP contribution in [-0.4, -0.2) is 0 Å². The van der Waals surface area contributed by atoms with Gasteiger partial charge in [0.2, 0.25) is 0 Å². The van der Waals surface area contributed by atoms with Crippen LogP contribution in [0.2, 0.25) is 0 Å². The maximum absolute atomic E-state index is 4.16. The number of hydrogen-bond donors (Lipinski definition) is 0. The van der Waals surface area contributed by atoms with E-state index in [9.17, 15) is 0 Å². The Bertz CT molecular complexity index is 473. The van der Waals surface area contributed by atoms with Crippen LogP contribution < -0.4 is 0 Å². The van der Waals surface area contributed by atoms with Crippen molar-refractivity contribution in [3.05, 3.63) is 65.3 Å². The molecule has 0 atom stereocenters. The van der Waals surface area contributed by atoms with Gasteiger partial charge in [-0.2, -0.15) is 0 Å². The lowest BCUT2D eigenvalue weighted by Crippen LogP contribution is -1.81. The molecule has 0 unspecified atom stereocenters. The average Bonchev–Trinajstić information content (AvgIpc) is 2.44. The molecule has 0 fully saturated rings. The molecule has 0 radical (unpaired) electrons. The standard InChI is InChI=1S/C15H16/c1-10(2)7-14-9-13-6-5-11(3)8-15(13)12(14)4/h5-8H,1,4,9H2,2-3H3/b14-7-. The minimum absolute atomic E-state index is 1.00. The lowest BCUT2D eigenvalue weighted by atomic mass is 10.0. The number of fused-ring (bicyclic) bond motifs is 1. The number of aryl methyl sites for hydroxylation is 1. The number of allylic oxidation sites excluding steroid dienone is 4. The Kier molecular flexibility index (Phi) is 2.36. The molecule has 0 N–H and O–H groups in total. The van der Waals surface area contributed by atoms with E-state index in [2.05, 4.69) is 44.4 Å². The van der Waals surface area contributed by atoms with Crippen molar-refractivity contribution < 1.29 is 0 Å². The first-order valence-corrected chi connectivity index (χ1v) is 5.23. The van der Waals surface area contributed by atoms with Crippen molar-refractivity contribution in [3.8, 4) is 0 Å². The van der Waals surface area contributed by atoms with Crippen molar-refractivity contribution >= 4 is 5.57 Å². The summed E-state index contributed by atoms with van der Waals surface area (Å²) in [5.74, 6) is 0. The lowest BCUT2D eigenvalue weighted by molar-refractivity contribution is 1.25. The van der Waals surface area contributed by atoms with Crippen LogP contribution >= 0.6 is 0 Å².